The molecule has 0 aliphatic carbocycles. The van der Waals surface area contributed by atoms with Crippen LogP contribution in [0, 0.1) is 0 Å². The number of aromatic nitrogens is 6. The highest BCUT2D eigenvalue weighted by Crippen LogP contribution is 2.30. The van der Waals surface area contributed by atoms with Crippen molar-refractivity contribution in [3.63, 3.8) is 0 Å². The van der Waals surface area contributed by atoms with Gasteiger partial charge in [-0.05, 0) is 35.2 Å². The molecule has 2 aromatic carbocycles. The van der Waals surface area contributed by atoms with Gasteiger partial charge >= 0.3 is 0 Å². The standard InChI is InChI=1S/C22H23ClN6O2/c1-14(31)6-11-20-24-21(23)19(13-30)29(20)12-15-7-9-16(10-8-15)17-4-2-3-5-18(17)22-25-27-28-26-22/h2-5,7-10,14,30-31H,6,11-13H2,1H3,(H,25,26,27,28). The van der Waals surface area contributed by atoms with Gasteiger partial charge in [-0.15, -0.1) is 10.2 Å². The molecule has 31 heavy (non-hydrogen) atoms. The first-order valence-corrected chi connectivity index (χ1v) is 10.4. The maximum Gasteiger partial charge on any atom is 0.205 e. The largest absolute Gasteiger partial charge is 0.393 e. The van der Waals surface area contributed by atoms with Gasteiger partial charge in [0.15, 0.2) is 5.15 Å². The number of benzene rings is 2. The Hall–Kier alpha value is -3.07. The Balaban J connectivity index is 1.61. The number of halogens is 1. The number of imidazole rings is 1. The van der Waals surface area contributed by atoms with Crippen molar-refractivity contribution in [3.05, 3.63) is 70.8 Å². The number of hydrogen-bond donors (Lipinski definition) is 3. The third-order valence-corrected chi connectivity index (χ3v) is 5.46. The van der Waals surface area contributed by atoms with E-state index in [9.17, 15) is 10.2 Å². The Bertz CT molecular complexity index is 1140. The van der Waals surface area contributed by atoms with Crippen molar-refractivity contribution in [2.45, 2.75) is 39.0 Å². The minimum Gasteiger partial charge on any atom is -0.393 e. The van der Waals surface area contributed by atoms with E-state index in [1.807, 2.05) is 53.1 Å². The molecule has 0 spiro atoms. The third-order valence-electron chi connectivity index (χ3n) is 5.16. The van der Waals surface area contributed by atoms with Crippen LogP contribution in [0.4, 0.5) is 0 Å². The quantitative estimate of drug-likeness (QED) is 0.389. The summed E-state index contributed by atoms with van der Waals surface area (Å²) in [5, 5.41) is 34.0. The summed E-state index contributed by atoms with van der Waals surface area (Å²) in [6, 6.07) is 16.1. The van der Waals surface area contributed by atoms with Gasteiger partial charge < -0.3 is 14.8 Å². The number of H-pyrrole nitrogens is 1. The van der Waals surface area contributed by atoms with Gasteiger partial charge in [-0.2, -0.15) is 5.21 Å². The first kappa shape index (κ1) is 21.2. The lowest BCUT2D eigenvalue weighted by atomic mass is 9.98. The molecule has 2 aromatic heterocycles. The highest BCUT2D eigenvalue weighted by atomic mass is 35.5. The number of nitrogens with one attached hydrogen (secondary N) is 1. The zero-order valence-corrected chi connectivity index (χ0v) is 17.8. The Kier molecular flexibility index (Phi) is 6.41. The minimum atomic E-state index is -0.430. The maximum atomic E-state index is 9.77. The second kappa shape index (κ2) is 9.38. The summed E-state index contributed by atoms with van der Waals surface area (Å²) >= 11 is 6.23. The SMILES string of the molecule is CC(O)CCc1nc(Cl)c(CO)n1Cc1ccc(-c2ccccc2-c2nn[nH]n2)cc1. The fraction of sp³-hybridized carbons (Fsp3) is 0.273. The van der Waals surface area contributed by atoms with Crippen LogP contribution in [0.5, 0.6) is 0 Å². The van der Waals surface area contributed by atoms with E-state index in [-0.39, 0.29) is 6.61 Å². The van der Waals surface area contributed by atoms with E-state index < -0.39 is 6.10 Å². The molecule has 4 aromatic rings. The van der Waals surface area contributed by atoms with Crippen LogP contribution in [-0.2, 0) is 19.6 Å². The molecule has 0 aliphatic rings. The summed E-state index contributed by atoms with van der Waals surface area (Å²) in [6.45, 7) is 2.07. The normalized spacial score (nSPS) is 12.3. The molecule has 1 unspecified atom stereocenters. The summed E-state index contributed by atoms with van der Waals surface area (Å²) in [5.74, 6) is 1.30. The molecule has 2 heterocycles. The molecule has 9 heteroatoms. The Morgan fingerprint density at radius 3 is 2.48 bits per heavy atom. The number of aromatic amines is 1. The van der Waals surface area contributed by atoms with Gasteiger partial charge in [-0.25, -0.2) is 4.98 Å². The zero-order chi connectivity index (χ0) is 21.8. The van der Waals surface area contributed by atoms with Gasteiger partial charge in [0.05, 0.1) is 18.4 Å². The molecule has 160 valence electrons. The van der Waals surface area contributed by atoms with Crippen molar-refractivity contribution in [2.75, 3.05) is 0 Å². The molecule has 0 amide bonds. The van der Waals surface area contributed by atoms with E-state index >= 15 is 0 Å². The van der Waals surface area contributed by atoms with E-state index in [0.29, 0.717) is 36.1 Å². The van der Waals surface area contributed by atoms with Gasteiger partial charge in [0, 0.05) is 18.5 Å². The Morgan fingerprint density at radius 1 is 1.10 bits per heavy atom. The number of aliphatic hydroxyl groups is 2. The summed E-state index contributed by atoms with van der Waals surface area (Å²) < 4.78 is 1.92. The van der Waals surface area contributed by atoms with E-state index in [2.05, 4.69) is 25.6 Å². The number of tetrazole rings is 1. The number of hydrogen-bond acceptors (Lipinski definition) is 6. The van der Waals surface area contributed by atoms with Crippen LogP contribution >= 0.6 is 11.6 Å². The predicted molar refractivity (Wildman–Crippen MR) is 117 cm³/mol. The molecular weight excluding hydrogens is 416 g/mol. The lowest BCUT2D eigenvalue weighted by molar-refractivity contribution is 0.183. The van der Waals surface area contributed by atoms with Crippen molar-refractivity contribution >= 4 is 11.6 Å². The summed E-state index contributed by atoms with van der Waals surface area (Å²) in [4.78, 5) is 4.39. The van der Waals surface area contributed by atoms with Crippen molar-refractivity contribution in [1.82, 2.24) is 30.2 Å². The summed E-state index contributed by atoms with van der Waals surface area (Å²) in [7, 11) is 0. The van der Waals surface area contributed by atoms with E-state index in [1.54, 1.807) is 6.92 Å². The Morgan fingerprint density at radius 2 is 1.84 bits per heavy atom. The molecular formula is C22H23ClN6O2. The second-order valence-corrected chi connectivity index (χ2v) is 7.73. The van der Waals surface area contributed by atoms with E-state index in [4.69, 9.17) is 11.6 Å². The molecule has 0 aliphatic heterocycles. The van der Waals surface area contributed by atoms with Crippen LogP contribution < -0.4 is 0 Å². The molecule has 0 bridgehead atoms. The molecule has 8 nitrogen and oxygen atoms in total. The van der Waals surface area contributed by atoms with Crippen molar-refractivity contribution in [2.24, 2.45) is 0 Å². The van der Waals surface area contributed by atoms with Crippen LogP contribution in [-0.4, -0.2) is 46.5 Å². The maximum absolute atomic E-state index is 9.77. The first-order chi connectivity index (χ1) is 15.1. The minimum absolute atomic E-state index is 0.198. The van der Waals surface area contributed by atoms with Crippen LogP contribution in [0.3, 0.4) is 0 Å². The van der Waals surface area contributed by atoms with Gasteiger partial charge in [-0.3, -0.25) is 0 Å². The average molecular weight is 439 g/mol. The monoisotopic (exact) mass is 438 g/mol. The summed E-state index contributed by atoms with van der Waals surface area (Å²) in [6.07, 6.45) is 0.720. The first-order valence-electron chi connectivity index (χ1n) is 10.0. The number of aryl methyl sites for hydroxylation is 1. The van der Waals surface area contributed by atoms with Gasteiger partial charge in [0.25, 0.3) is 0 Å². The predicted octanol–water partition coefficient (Wildman–Crippen LogP) is 3.24. The van der Waals surface area contributed by atoms with Crippen molar-refractivity contribution in [1.29, 1.82) is 0 Å². The smallest absolute Gasteiger partial charge is 0.205 e. The third kappa shape index (κ3) is 4.66. The van der Waals surface area contributed by atoms with E-state index in [0.717, 1.165) is 28.1 Å². The van der Waals surface area contributed by atoms with Crippen LogP contribution in [0.1, 0.15) is 30.4 Å². The molecule has 3 N–H and O–H groups in total. The van der Waals surface area contributed by atoms with Crippen LogP contribution in [0.25, 0.3) is 22.5 Å². The van der Waals surface area contributed by atoms with Crippen LogP contribution in [0.15, 0.2) is 48.5 Å². The second-order valence-electron chi connectivity index (χ2n) is 7.38. The average Bonchev–Trinajstić information content (AvgIpc) is 3.41. The van der Waals surface area contributed by atoms with Gasteiger partial charge in [-0.1, -0.05) is 60.1 Å². The molecule has 0 fully saturated rings. The topological polar surface area (TPSA) is 113 Å². The fourth-order valence-electron chi connectivity index (χ4n) is 3.55. The van der Waals surface area contributed by atoms with E-state index in [1.165, 1.54) is 0 Å². The Labute approximate surface area is 184 Å². The molecule has 0 radical (unpaired) electrons. The fourth-order valence-corrected chi connectivity index (χ4v) is 3.81. The molecule has 0 saturated carbocycles. The van der Waals surface area contributed by atoms with Gasteiger partial charge in [0.1, 0.15) is 5.82 Å². The zero-order valence-electron chi connectivity index (χ0n) is 17.0. The van der Waals surface area contributed by atoms with Crippen molar-refractivity contribution in [3.8, 4) is 22.5 Å². The summed E-state index contributed by atoms with van der Waals surface area (Å²) in [5.41, 5.74) is 4.56. The lowest BCUT2D eigenvalue weighted by Crippen LogP contribution is -2.11. The number of rotatable bonds is 8. The lowest BCUT2D eigenvalue weighted by Gasteiger charge is -2.13. The highest BCUT2D eigenvalue weighted by molar-refractivity contribution is 6.30. The number of nitrogens with zero attached hydrogens (tertiary/aromatic N) is 5. The van der Waals surface area contributed by atoms with Crippen LogP contribution in [0.2, 0.25) is 5.15 Å². The van der Waals surface area contributed by atoms with Crippen molar-refractivity contribution < 1.29 is 10.2 Å². The van der Waals surface area contributed by atoms with Gasteiger partial charge in [0.2, 0.25) is 5.82 Å². The number of aliphatic hydroxyl groups excluding tert-OH is 2. The molecule has 0 saturated heterocycles. The molecule has 4 rings (SSSR count). The highest BCUT2D eigenvalue weighted by Gasteiger charge is 2.16. The molecule has 1 atom stereocenters.